The Morgan fingerprint density at radius 2 is 1.70 bits per heavy atom. The van der Waals surface area contributed by atoms with Crippen LogP contribution in [0.4, 0.5) is 0 Å². The highest BCUT2D eigenvalue weighted by Gasteiger charge is 2.26. The van der Waals surface area contributed by atoms with Gasteiger partial charge in [-0.1, -0.05) is 43.3 Å². The van der Waals surface area contributed by atoms with Gasteiger partial charge >= 0.3 is 5.97 Å². The van der Waals surface area contributed by atoms with E-state index in [1.165, 1.54) is 25.7 Å². The van der Waals surface area contributed by atoms with E-state index in [-0.39, 0.29) is 17.3 Å². The SMILES string of the molecule is CCc1c(C(=O)C(N)=O)c2c(O)cccc2n1CCc1ccccc1.COC(C)=O. The fourth-order valence-electron chi connectivity index (χ4n) is 3.31. The van der Waals surface area contributed by atoms with Crippen LogP contribution in [0.2, 0.25) is 0 Å². The Bertz CT molecular complexity index is 1050. The average molecular weight is 410 g/mol. The molecule has 0 radical (unpaired) electrons. The van der Waals surface area contributed by atoms with Gasteiger partial charge in [0.25, 0.3) is 11.7 Å². The van der Waals surface area contributed by atoms with Crippen molar-refractivity contribution >= 4 is 28.6 Å². The minimum atomic E-state index is -1.01. The molecule has 3 N–H and O–H groups in total. The Hall–Kier alpha value is -3.61. The van der Waals surface area contributed by atoms with Crippen LogP contribution in [0.1, 0.15) is 35.5 Å². The number of benzene rings is 2. The van der Waals surface area contributed by atoms with Crippen LogP contribution < -0.4 is 5.73 Å². The number of primary amides is 1. The monoisotopic (exact) mass is 410 g/mol. The molecule has 0 saturated heterocycles. The molecule has 30 heavy (non-hydrogen) atoms. The number of fused-ring (bicyclic) bond motifs is 1. The summed E-state index contributed by atoms with van der Waals surface area (Å²) >= 11 is 0. The van der Waals surface area contributed by atoms with Gasteiger partial charge in [-0.2, -0.15) is 0 Å². The van der Waals surface area contributed by atoms with Gasteiger partial charge < -0.3 is 20.1 Å². The minimum absolute atomic E-state index is 0.0183. The quantitative estimate of drug-likeness (QED) is 0.369. The lowest BCUT2D eigenvalue weighted by Crippen LogP contribution is -2.24. The van der Waals surface area contributed by atoms with Crippen LogP contribution >= 0.6 is 0 Å². The van der Waals surface area contributed by atoms with E-state index in [1.807, 2.05) is 47.9 Å². The van der Waals surface area contributed by atoms with E-state index in [1.54, 1.807) is 6.07 Å². The first-order valence-corrected chi connectivity index (χ1v) is 9.57. The predicted octanol–water partition coefficient (Wildman–Crippen LogP) is 3.00. The van der Waals surface area contributed by atoms with Crippen LogP contribution in [0.3, 0.4) is 0 Å². The molecule has 1 aromatic heterocycles. The summed E-state index contributed by atoms with van der Waals surface area (Å²) in [5.74, 6) is -2.04. The van der Waals surface area contributed by atoms with Gasteiger partial charge in [0.2, 0.25) is 0 Å². The third-order valence-electron chi connectivity index (χ3n) is 4.72. The van der Waals surface area contributed by atoms with Crippen molar-refractivity contribution in [3.63, 3.8) is 0 Å². The Balaban J connectivity index is 0.000000575. The van der Waals surface area contributed by atoms with Crippen molar-refractivity contribution in [2.75, 3.05) is 7.11 Å². The molecule has 158 valence electrons. The van der Waals surface area contributed by atoms with Crippen molar-refractivity contribution in [2.24, 2.45) is 5.73 Å². The van der Waals surface area contributed by atoms with Gasteiger partial charge in [0.1, 0.15) is 5.75 Å². The summed E-state index contributed by atoms with van der Waals surface area (Å²) in [5, 5.41) is 10.7. The van der Waals surface area contributed by atoms with Gasteiger partial charge in [-0.05, 0) is 30.5 Å². The third-order valence-corrected chi connectivity index (χ3v) is 4.72. The molecule has 0 atom stereocenters. The Labute approximate surface area is 175 Å². The summed E-state index contributed by atoms with van der Waals surface area (Å²) in [5.41, 5.74) is 8.07. The Morgan fingerprint density at radius 1 is 1.07 bits per heavy atom. The number of ketones is 1. The maximum atomic E-state index is 12.4. The van der Waals surface area contributed by atoms with Crippen LogP contribution in [-0.2, 0) is 33.7 Å². The summed E-state index contributed by atoms with van der Waals surface area (Å²) in [7, 11) is 1.35. The zero-order valence-electron chi connectivity index (χ0n) is 17.3. The molecule has 2 aromatic carbocycles. The lowest BCUT2D eigenvalue weighted by molar-refractivity contribution is -0.137. The first-order chi connectivity index (χ1) is 14.3. The van der Waals surface area contributed by atoms with Crippen molar-refractivity contribution in [1.82, 2.24) is 4.57 Å². The number of amides is 1. The van der Waals surface area contributed by atoms with Crippen LogP contribution in [-0.4, -0.2) is 34.4 Å². The molecule has 1 amide bonds. The largest absolute Gasteiger partial charge is 0.507 e. The third kappa shape index (κ3) is 5.05. The summed E-state index contributed by atoms with van der Waals surface area (Å²) in [6, 6.07) is 15.1. The van der Waals surface area contributed by atoms with E-state index in [2.05, 4.69) is 4.74 Å². The Kier molecular flexibility index (Phi) is 7.75. The standard InChI is InChI=1S/C20H20N2O3.C3H6O2/c1-2-14-18(19(24)20(21)25)17-15(9-6-10-16(17)23)22(14)12-11-13-7-4-3-5-8-13;1-3(4)5-2/h3-10,23H,2,11-12H2,1H3,(H2,21,25);1-2H3. The number of aromatic nitrogens is 1. The molecule has 0 aliphatic rings. The van der Waals surface area contributed by atoms with E-state index in [9.17, 15) is 19.5 Å². The van der Waals surface area contributed by atoms with E-state index in [4.69, 9.17) is 5.73 Å². The zero-order valence-corrected chi connectivity index (χ0v) is 17.3. The highest BCUT2D eigenvalue weighted by atomic mass is 16.5. The summed E-state index contributed by atoms with van der Waals surface area (Å²) in [4.78, 5) is 33.5. The molecule has 3 rings (SSSR count). The molecule has 3 aromatic rings. The maximum Gasteiger partial charge on any atom is 0.302 e. The highest BCUT2D eigenvalue weighted by Crippen LogP contribution is 2.34. The number of Topliss-reactive ketones (excluding diaryl/α,β-unsaturated/α-hetero) is 1. The number of phenols is 1. The molecular formula is C23H26N2O5. The molecule has 1 heterocycles. The van der Waals surface area contributed by atoms with Crippen molar-refractivity contribution in [2.45, 2.75) is 33.2 Å². The smallest absolute Gasteiger partial charge is 0.302 e. The number of nitrogens with zero attached hydrogens (tertiary/aromatic N) is 1. The zero-order chi connectivity index (χ0) is 22.3. The van der Waals surface area contributed by atoms with Gasteiger partial charge in [0.05, 0.1) is 23.6 Å². The number of aromatic hydroxyl groups is 1. The number of esters is 1. The van der Waals surface area contributed by atoms with E-state index in [0.717, 1.165) is 17.6 Å². The average Bonchev–Trinajstić information content (AvgIpc) is 3.07. The molecule has 7 heteroatoms. The van der Waals surface area contributed by atoms with Gasteiger partial charge in [0.15, 0.2) is 0 Å². The van der Waals surface area contributed by atoms with Gasteiger partial charge in [-0.3, -0.25) is 14.4 Å². The second-order valence-corrected chi connectivity index (χ2v) is 6.62. The first kappa shape index (κ1) is 22.7. The van der Waals surface area contributed by atoms with Gasteiger partial charge in [-0.15, -0.1) is 0 Å². The second kappa shape index (κ2) is 10.2. The normalized spacial score (nSPS) is 10.2. The van der Waals surface area contributed by atoms with Crippen molar-refractivity contribution in [3.8, 4) is 5.75 Å². The number of nitrogens with two attached hydrogens (primary N) is 1. The molecule has 7 nitrogen and oxygen atoms in total. The van der Waals surface area contributed by atoms with Crippen LogP contribution in [0, 0.1) is 0 Å². The molecule has 0 aliphatic carbocycles. The van der Waals surface area contributed by atoms with E-state index >= 15 is 0 Å². The molecule has 0 bridgehead atoms. The number of ether oxygens (including phenoxy) is 1. The topological polar surface area (TPSA) is 112 Å². The lowest BCUT2D eigenvalue weighted by atomic mass is 10.0. The summed E-state index contributed by atoms with van der Waals surface area (Å²) in [6.07, 6.45) is 1.33. The molecule has 0 unspecified atom stereocenters. The number of phenolic OH excluding ortho intramolecular Hbond substituents is 1. The number of aryl methyl sites for hydroxylation is 2. The molecule has 0 saturated carbocycles. The second-order valence-electron chi connectivity index (χ2n) is 6.62. The highest BCUT2D eigenvalue weighted by molar-refractivity contribution is 6.45. The number of methoxy groups -OCH3 is 1. The maximum absolute atomic E-state index is 12.4. The first-order valence-electron chi connectivity index (χ1n) is 9.57. The summed E-state index contributed by atoms with van der Waals surface area (Å²) < 4.78 is 6.11. The van der Waals surface area contributed by atoms with Crippen molar-refractivity contribution in [1.29, 1.82) is 0 Å². The van der Waals surface area contributed by atoms with Crippen molar-refractivity contribution in [3.05, 3.63) is 65.4 Å². The molecule has 0 spiro atoms. The molecule has 0 fully saturated rings. The molecule has 0 aliphatic heterocycles. The fraction of sp³-hybridized carbons (Fsp3) is 0.261. The van der Waals surface area contributed by atoms with Crippen LogP contribution in [0.5, 0.6) is 5.75 Å². The molecular weight excluding hydrogens is 384 g/mol. The summed E-state index contributed by atoms with van der Waals surface area (Å²) in [6.45, 7) is 3.92. The number of rotatable bonds is 6. The Morgan fingerprint density at radius 3 is 2.23 bits per heavy atom. The van der Waals surface area contributed by atoms with E-state index in [0.29, 0.717) is 18.4 Å². The fourth-order valence-corrected chi connectivity index (χ4v) is 3.31. The lowest BCUT2D eigenvalue weighted by Gasteiger charge is -2.10. The van der Waals surface area contributed by atoms with E-state index < -0.39 is 11.7 Å². The van der Waals surface area contributed by atoms with Crippen LogP contribution in [0.15, 0.2) is 48.5 Å². The number of carbonyl (C=O) groups is 3. The number of carbonyl (C=O) groups excluding carboxylic acids is 3. The number of hydrogen-bond donors (Lipinski definition) is 2. The van der Waals surface area contributed by atoms with Gasteiger partial charge in [-0.25, -0.2) is 0 Å². The van der Waals surface area contributed by atoms with Crippen molar-refractivity contribution < 1.29 is 24.2 Å². The van der Waals surface area contributed by atoms with Gasteiger partial charge in [0, 0.05) is 19.2 Å². The predicted molar refractivity (Wildman–Crippen MR) is 114 cm³/mol. The number of hydrogen-bond acceptors (Lipinski definition) is 5. The van der Waals surface area contributed by atoms with Crippen LogP contribution in [0.25, 0.3) is 10.9 Å². The minimum Gasteiger partial charge on any atom is -0.507 e.